The van der Waals surface area contributed by atoms with E-state index in [9.17, 15) is 4.39 Å². The number of hydrogen-bond acceptors (Lipinski definition) is 3. The average molecular weight is 483 g/mol. The Balaban J connectivity index is 1.35. The molecule has 0 atom stereocenters. The lowest BCUT2D eigenvalue weighted by Gasteiger charge is -2.14. The molecule has 0 amide bonds. The molecule has 0 saturated carbocycles. The van der Waals surface area contributed by atoms with Crippen LogP contribution in [-0.2, 0) is 19.6 Å². The van der Waals surface area contributed by atoms with Gasteiger partial charge in [-0.05, 0) is 60.0 Å². The zero-order chi connectivity index (χ0) is 21.6. The van der Waals surface area contributed by atoms with Gasteiger partial charge < -0.3 is 19.8 Å². The molecule has 3 aromatic carbocycles. The van der Waals surface area contributed by atoms with Crippen LogP contribution in [0.25, 0.3) is 10.9 Å². The number of halogens is 2. The number of methoxy groups -OCH3 is 1. The summed E-state index contributed by atoms with van der Waals surface area (Å²) in [5, 5.41) is 4.78. The monoisotopic (exact) mass is 482 g/mol. The molecule has 0 aliphatic carbocycles. The van der Waals surface area contributed by atoms with Crippen molar-refractivity contribution in [2.75, 3.05) is 13.7 Å². The summed E-state index contributed by atoms with van der Waals surface area (Å²) < 4.78 is 25.4. The highest BCUT2D eigenvalue weighted by molar-refractivity contribution is 9.10. The number of aromatic amines is 1. The molecule has 0 aliphatic rings. The Bertz CT molecular complexity index is 1160. The Kier molecular flexibility index (Phi) is 6.89. The summed E-state index contributed by atoms with van der Waals surface area (Å²) in [7, 11) is 1.63. The first kappa shape index (κ1) is 21.4. The molecule has 160 valence electrons. The predicted octanol–water partition coefficient (Wildman–Crippen LogP) is 5.99. The Morgan fingerprint density at radius 2 is 1.81 bits per heavy atom. The number of ether oxygens (including phenoxy) is 2. The molecule has 0 fully saturated rings. The summed E-state index contributed by atoms with van der Waals surface area (Å²) in [5.74, 6) is 1.05. The smallest absolute Gasteiger partial charge is 0.162 e. The largest absolute Gasteiger partial charge is 0.493 e. The van der Waals surface area contributed by atoms with Gasteiger partial charge in [0.05, 0.1) is 7.11 Å². The van der Waals surface area contributed by atoms with Crippen molar-refractivity contribution in [2.24, 2.45) is 0 Å². The van der Waals surface area contributed by atoms with Crippen molar-refractivity contribution in [3.8, 4) is 11.5 Å². The summed E-state index contributed by atoms with van der Waals surface area (Å²) in [6, 6.07) is 18.5. The van der Waals surface area contributed by atoms with Gasteiger partial charge in [-0.3, -0.25) is 0 Å². The fourth-order valence-electron chi connectivity index (χ4n) is 3.51. The van der Waals surface area contributed by atoms with Gasteiger partial charge in [0, 0.05) is 28.1 Å². The second kappa shape index (κ2) is 9.98. The molecule has 4 rings (SSSR count). The quantitative estimate of drug-likeness (QED) is 0.288. The summed E-state index contributed by atoms with van der Waals surface area (Å²) in [6.07, 6.45) is 3.02. The number of rotatable bonds is 9. The van der Waals surface area contributed by atoms with E-state index in [1.54, 1.807) is 19.2 Å². The molecule has 2 N–H and O–H groups in total. The Morgan fingerprint density at radius 1 is 1.00 bits per heavy atom. The molecule has 0 unspecified atom stereocenters. The number of hydrogen-bond donors (Lipinski definition) is 2. The zero-order valence-electron chi connectivity index (χ0n) is 17.3. The van der Waals surface area contributed by atoms with Gasteiger partial charge in [-0.2, -0.15) is 0 Å². The second-order valence-corrected chi connectivity index (χ2v) is 8.15. The van der Waals surface area contributed by atoms with Crippen molar-refractivity contribution in [2.45, 2.75) is 19.6 Å². The van der Waals surface area contributed by atoms with Gasteiger partial charge in [-0.1, -0.05) is 46.3 Å². The number of aromatic nitrogens is 1. The SMILES string of the molecule is COc1cc(CNCCc2c[nH]c3ccccc23)c(Br)cc1OCc1ccc(F)cc1. The first-order valence-corrected chi connectivity index (χ1v) is 10.9. The topological polar surface area (TPSA) is 46.3 Å². The standard InChI is InChI=1S/C25H24BrFN2O2/c1-30-24-12-19(14-28-11-10-18-15-29-23-5-3-2-4-21(18)23)22(26)13-25(24)31-16-17-6-8-20(27)9-7-17/h2-9,12-13,15,28-29H,10-11,14,16H2,1H3. The van der Waals surface area contributed by atoms with E-state index in [0.717, 1.165) is 28.6 Å². The van der Waals surface area contributed by atoms with Crippen LogP contribution < -0.4 is 14.8 Å². The van der Waals surface area contributed by atoms with Gasteiger partial charge in [0.25, 0.3) is 0 Å². The van der Waals surface area contributed by atoms with E-state index < -0.39 is 0 Å². The lowest BCUT2D eigenvalue weighted by Crippen LogP contribution is -2.17. The lowest BCUT2D eigenvalue weighted by atomic mass is 10.1. The molecule has 0 bridgehead atoms. The Hall–Kier alpha value is -2.83. The first-order valence-electron chi connectivity index (χ1n) is 10.1. The minimum Gasteiger partial charge on any atom is -0.493 e. The van der Waals surface area contributed by atoms with Gasteiger partial charge in [-0.15, -0.1) is 0 Å². The highest BCUT2D eigenvalue weighted by Crippen LogP contribution is 2.34. The Morgan fingerprint density at radius 3 is 2.61 bits per heavy atom. The number of H-pyrrole nitrogens is 1. The van der Waals surface area contributed by atoms with E-state index in [1.165, 1.54) is 28.6 Å². The first-order chi connectivity index (χ1) is 15.1. The minimum absolute atomic E-state index is 0.259. The van der Waals surface area contributed by atoms with Crippen molar-refractivity contribution >= 4 is 26.8 Å². The Labute approximate surface area is 189 Å². The molecular formula is C25H24BrFN2O2. The molecule has 0 spiro atoms. The second-order valence-electron chi connectivity index (χ2n) is 7.30. The summed E-state index contributed by atoms with van der Waals surface area (Å²) in [5.41, 5.74) is 4.46. The number of para-hydroxylation sites is 1. The fraction of sp³-hybridized carbons (Fsp3) is 0.200. The fourth-order valence-corrected chi connectivity index (χ4v) is 3.97. The van der Waals surface area contributed by atoms with Crippen LogP contribution in [0.15, 0.2) is 71.3 Å². The molecule has 0 aliphatic heterocycles. The van der Waals surface area contributed by atoms with Crippen LogP contribution in [-0.4, -0.2) is 18.6 Å². The van der Waals surface area contributed by atoms with Crippen molar-refractivity contribution < 1.29 is 13.9 Å². The van der Waals surface area contributed by atoms with Crippen LogP contribution in [0, 0.1) is 5.82 Å². The van der Waals surface area contributed by atoms with Gasteiger partial charge in [-0.25, -0.2) is 4.39 Å². The zero-order valence-corrected chi connectivity index (χ0v) is 18.8. The van der Waals surface area contributed by atoms with E-state index in [2.05, 4.69) is 50.6 Å². The van der Waals surface area contributed by atoms with E-state index >= 15 is 0 Å². The molecule has 1 heterocycles. The minimum atomic E-state index is -0.259. The highest BCUT2D eigenvalue weighted by Gasteiger charge is 2.11. The third-order valence-electron chi connectivity index (χ3n) is 5.20. The summed E-state index contributed by atoms with van der Waals surface area (Å²) >= 11 is 3.64. The number of benzene rings is 3. The van der Waals surface area contributed by atoms with Gasteiger partial charge >= 0.3 is 0 Å². The molecule has 6 heteroatoms. The molecule has 0 saturated heterocycles. The van der Waals surface area contributed by atoms with E-state index in [1.807, 2.05) is 18.2 Å². The molecule has 31 heavy (non-hydrogen) atoms. The molecule has 0 radical (unpaired) electrons. The predicted molar refractivity (Wildman–Crippen MR) is 125 cm³/mol. The molecule has 4 nitrogen and oxygen atoms in total. The van der Waals surface area contributed by atoms with E-state index in [-0.39, 0.29) is 5.82 Å². The summed E-state index contributed by atoms with van der Waals surface area (Å²) in [4.78, 5) is 3.32. The molecule has 1 aromatic heterocycles. The third-order valence-corrected chi connectivity index (χ3v) is 5.94. The lowest BCUT2D eigenvalue weighted by molar-refractivity contribution is 0.284. The summed E-state index contributed by atoms with van der Waals surface area (Å²) in [6.45, 7) is 1.91. The van der Waals surface area contributed by atoms with E-state index in [0.29, 0.717) is 24.7 Å². The third kappa shape index (κ3) is 5.27. The van der Waals surface area contributed by atoms with Crippen LogP contribution in [0.1, 0.15) is 16.7 Å². The van der Waals surface area contributed by atoms with Gasteiger partial charge in [0.1, 0.15) is 12.4 Å². The maximum atomic E-state index is 13.1. The maximum absolute atomic E-state index is 13.1. The van der Waals surface area contributed by atoms with Crippen molar-refractivity contribution in [3.05, 3.63) is 93.8 Å². The van der Waals surface area contributed by atoms with Crippen LogP contribution in [0.3, 0.4) is 0 Å². The van der Waals surface area contributed by atoms with Crippen molar-refractivity contribution in [1.82, 2.24) is 10.3 Å². The van der Waals surface area contributed by atoms with Gasteiger partial charge in [0.2, 0.25) is 0 Å². The van der Waals surface area contributed by atoms with Crippen LogP contribution >= 0.6 is 15.9 Å². The van der Waals surface area contributed by atoms with Crippen molar-refractivity contribution in [3.63, 3.8) is 0 Å². The van der Waals surface area contributed by atoms with E-state index in [4.69, 9.17) is 9.47 Å². The van der Waals surface area contributed by atoms with Crippen LogP contribution in [0.2, 0.25) is 0 Å². The van der Waals surface area contributed by atoms with Crippen LogP contribution in [0.5, 0.6) is 11.5 Å². The van der Waals surface area contributed by atoms with Crippen molar-refractivity contribution in [1.29, 1.82) is 0 Å². The van der Waals surface area contributed by atoms with Crippen LogP contribution in [0.4, 0.5) is 4.39 Å². The number of fused-ring (bicyclic) bond motifs is 1. The normalized spacial score (nSPS) is 11.1. The molecule has 4 aromatic rings. The maximum Gasteiger partial charge on any atom is 0.162 e. The van der Waals surface area contributed by atoms with Gasteiger partial charge in [0.15, 0.2) is 11.5 Å². The molecular weight excluding hydrogens is 459 g/mol. The number of nitrogens with one attached hydrogen (secondary N) is 2. The average Bonchev–Trinajstić information content (AvgIpc) is 3.20. The highest BCUT2D eigenvalue weighted by atomic mass is 79.9.